The number of aliphatic hydroxyl groups excluding tert-OH is 1. The summed E-state index contributed by atoms with van der Waals surface area (Å²) in [7, 11) is -3.26. The fourth-order valence-corrected chi connectivity index (χ4v) is 6.40. The van der Waals surface area contributed by atoms with E-state index >= 15 is 0 Å². The molecular formula is C21H32N2O4S. The van der Waals surface area contributed by atoms with E-state index in [0.29, 0.717) is 13.1 Å². The summed E-state index contributed by atoms with van der Waals surface area (Å²) in [5, 5.41) is 9.66. The molecule has 1 atom stereocenters. The second-order valence-electron chi connectivity index (χ2n) is 8.81. The lowest BCUT2D eigenvalue weighted by molar-refractivity contribution is 0.0327. The van der Waals surface area contributed by atoms with E-state index in [2.05, 4.69) is 4.90 Å². The molecule has 1 unspecified atom stereocenters. The highest BCUT2D eigenvalue weighted by atomic mass is 32.2. The molecule has 3 saturated heterocycles. The van der Waals surface area contributed by atoms with Crippen molar-refractivity contribution in [2.24, 2.45) is 5.41 Å². The van der Waals surface area contributed by atoms with Crippen molar-refractivity contribution < 1.29 is 18.3 Å². The number of ether oxygens (including phenoxy) is 1. The topological polar surface area (TPSA) is 70.1 Å². The summed E-state index contributed by atoms with van der Waals surface area (Å²) >= 11 is 0. The maximum atomic E-state index is 12.8. The fraction of sp³-hybridized carbons (Fsp3) is 0.714. The van der Waals surface area contributed by atoms with Crippen LogP contribution in [0.1, 0.15) is 37.7 Å². The lowest BCUT2D eigenvalue weighted by atomic mass is 9.77. The molecule has 3 heterocycles. The molecule has 3 aliphatic heterocycles. The maximum Gasteiger partial charge on any atom is 0.218 e. The van der Waals surface area contributed by atoms with Crippen LogP contribution in [0.5, 0.6) is 0 Å². The van der Waals surface area contributed by atoms with Gasteiger partial charge in [-0.05, 0) is 43.1 Å². The molecule has 28 heavy (non-hydrogen) atoms. The molecule has 6 nitrogen and oxygen atoms in total. The lowest BCUT2D eigenvalue weighted by Crippen LogP contribution is -2.44. The molecule has 0 bridgehead atoms. The van der Waals surface area contributed by atoms with Crippen LogP contribution in [-0.4, -0.2) is 74.3 Å². The number of aliphatic hydroxyl groups is 1. The Labute approximate surface area is 168 Å². The number of hydrogen-bond donors (Lipinski definition) is 1. The average molecular weight is 409 g/mol. The van der Waals surface area contributed by atoms with E-state index in [1.165, 1.54) is 0 Å². The molecule has 1 spiro atoms. The van der Waals surface area contributed by atoms with Crippen LogP contribution < -0.4 is 0 Å². The smallest absolute Gasteiger partial charge is 0.218 e. The van der Waals surface area contributed by atoms with Gasteiger partial charge in [0.15, 0.2) is 0 Å². The standard InChI is InChI=1S/C21H32N2O4S/c24-19-6-10-22(11-7-19)15-20-14-21(17-27-20)8-12-23(13-9-21)28(25,26)16-18-4-2-1-3-5-18/h1-5,19-20,24H,6-17H2. The van der Waals surface area contributed by atoms with Gasteiger partial charge in [-0.3, -0.25) is 0 Å². The maximum absolute atomic E-state index is 12.8. The molecule has 1 aromatic rings. The zero-order valence-electron chi connectivity index (χ0n) is 16.5. The van der Waals surface area contributed by atoms with Crippen molar-refractivity contribution >= 4 is 10.0 Å². The number of rotatable bonds is 5. The van der Waals surface area contributed by atoms with Crippen LogP contribution in [0.15, 0.2) is 30.3 Å². The van der Waals surface area contributed by atoms with E-state index in [0.717, 1.165) is 63.9 Å². The van der Waals surface area contributed by atoms with Gasteiger partial charge in [0.25, 0.3) is 0 Å². The van der Waals surface area contributed by atoms with Gasteiger partial charge >= 0.3 is 0 Å². The van der Waals surface area contributed by atoms with Crippen molar-refractivity contribution in [3.8, 4) is 0 Å². The molecule has 0 aromatic heterocycles. The number of piperidine rings is 2. The van der Waals surface area contributed by atoms with Crippen molar-refractivity contribution in [3.63, 3.8) is 0 Å². The van der Waals surface area contributed by atoms with Gasteiger partial charge in [-0.1, -0.05) is 30.3 Å². The van der Waals surface area contributed by atoms with E-state index in [1.54, 1.807) is 4.31 Å². The van der Waals surface area contributed by atoms with Gasteiger partial charge in [0.1, 0.15) is 0 Å². The molecule has 7 heteroatoms. The van der Waals surface area contributed by atoms with Crippen molar-refractivity contribution in [3.05, 3.63) is 35.9 Å². The van der Waals surface area contributed by atoms with Crippen LogP contribution in [0.2, 0.25) is 0 Å². The Bertz CT molecular complexity index is 739. The molecule has 0 amide bonds. The quantitative estimate of drug-likeness (QED) is 0.805. The SMILES string of the molecule is O=S(=O)(Cc1ccccc1)N1CCC2(CC1)COC(CN1CCC(O)CC1)C2. The molecule has 0 radical (unpaired) electrons. The fourth-order valence-electron chi connectivity index (χ4n) is 4.87. The average Bonchev–Trinajstić information content (AvgIpc) is 3.06. The van der Waals surface area contributed by atoms with Gasteiger partial charge in [-0.15, -0.1) is 0 Å². The van der Waals surface area contributed by atoms with Gasteiger partial charge in [0.2, 0.25) is 10.0 Å². The van der Waals surface area contributed by atoms with Crippen LogP contribution >= 0.6 is 0 Å². The first-order chi connectivity index (χ1) is 13.4. The van der Waals surface area contributed by atoms with Crippen LogP contribution in [0.25, 0.3) is 0 Å². The van der Waals surface area contributed by atoms with E-state index in [9.17, 15) is 13.5 Å². The van der Waals surface area contributed by atoms with Crippen LogP contribution in [0.3, 0.4) is 0 Å². The third-order valence-corrected chi connectivity index (χ3v) is 8.52. The van der Waals surface area contributed by atoms with Crippen LogP contribution in [0, 0.1) is 5.41 Å². The van der Waals surface area contributed by atoms with Crippen LogP contribution in [0.4, 0.5) is 0 Å². The summed E-state index contributed by atoms with van der Waals surface area (Å²) in [6.45, 7) is 4.77. The van der Waals surface area contributed by atoms with E-state index in [1.807, 2.05) is 30.3 Å². The monoisotopic (exact) mass is 408 g/mol. The third-order valence-electron chi connectivity index (χ3n) is 6.67. The minimum absolute atomic E-state index is 0.0841. The summed E-state index contributed by atoms with van der Waals surface area (Å²) in [4.78, 5) is 2.40. The number of benzene rings is 1. The van der Waals surface area contributed by atoms with Crippen molar-refractivity contribution in [2.75, 3.05) is 39.3 Å². The second-order valence-corrected chi connectivity index (χ2v) is 10.8. The zero-order valence-corrected chi connectivity index (χ0v) is 17.3. The first kappa shape index (κ1) is 20.3. The first-order valence-corrected chi connectivity index (χ1v) is 12.1. The zero-order chi connectivity index (χ0) is 19.6. The third kappa shape index (κ3) is 4.76. The van der Waals surface area contributed by atoms with Gasteiger partial charge in [0, 0.05) is 32.7 Å². The molecule has 0 saturated carbocycles. The van der Waals surface area contributed by atoms with Gasteiger partial charge < -0.3 is 14.7 Å². The van der Waals surface area contributed by atoms with Crippen molar-refractivity contribution in [1.29, 1.82) is 0 Å². The molecule has 3 fully saturated rings. The van der Waals surface area contributed by atoms with E-state index in [-0.39, 0.29) is 23.4 Å². The molecular weight excluding hydrogens is 376 g/mol. The number of likely N-dealkylation sites (tertiary alicyclic amines) is 1. The summed E-state index contributed by atoms with van der Waals surface area (Å²) in [6, 6.07) is 9.42. The van der Waals surface area contributed by atoms with Gasteiger partial charge in [-0.25, -0.2) is 12.7 Å². The Morgan fingerprint density at radius 2 is 1.75 bits per heavy atom. The number of hydrogen-bond acceptors (Lipinski definition) is 5. The number of nitrogens with zero attached hydrogens (tertiary/aromatic N) is 2. The number of sulfonamides is 1. The Morgan fingerprint density at radius 1 is 1.07 bits per heavy atom. The highest BCUT2D eigenvalue weighted by Crippen LogP contribution is 2.42. The second kappa shape index (κ2) is 8.40. The minimum Gasteiger partial charge on any atom is -0.393 e. The highest BCUT2D eigenvalue weighted by Gasteiger charge is 2.44. The Kier molecular flexibility index (Phi) is 6.09. The minimum atomic E-state index is -3.26. The largest absolute Gasteiger partial charge is 0.393 e. The molecule has 0 aliphatic carbocycles. The Hall–Kier alpha value is -0.990. The molecule has 4 rings (SSSR count). The molecule has 3 aliphatic rings. The molecule has 1 N–H and O–H groups in total. The first-order valence-electron chi connectivity index (χ1n) is 10.5. The molecule has 1 aromatic carbocycles. The summed E-state index contributed by atoms with van der Waals surface area (Å²) in [5.74, 6) is 0.0841. The predicted octanol–water partition coefficient (Wildman–Crippen LogP) is 1.84. The molecule has 156 valence electrons. The lowest BCUT2D eigenvalue weighted by Gasteiger charge is -2.38. The summed E-state index contributed by atoms with van der Waals surface area (Å²) in [5.41, 5.74) is 0.984. The Morgan fingerprint density at radius 3 is 2.43 bits per heavy atom. The summed E-state index contributed by atoms with van der Waals surface area (Å²) < 4.78 is 33.4. The van der Waals surface area contributed by atoms with Crippen LogP contribution in [-0.2, 0) is 20.5 Å². The normalized spacial score (nSPS) is 27.4. The predicted molar refractivity (Wildman–Crippen MR) is 108 cm³/mol. The highest BCUT2D eigenvalue weighted by molar-refractivity contribution is 7.88. The van der Waals surface area contributed by atoms with E-state index < -0.39 is 10.0 Å². The van der Waals surface area contributed by atoms with Crippen molar-refractivity contribution in [2.45, 2.75) is 50.1 Å². The Balaban J connectivity index is 1.28. The van der Waals surface area contributed by atoms with E-state index in [4.69, 9.17) is 4.74 Å². The summed E-state index contributed by atoms with van der Waals surface area (Å²) in [6.07, 6.45) is 4.60. The van der Waals surface area contributed by atoms with Gasteiger partial charge in [0.05, 0.1) is 24.6 Å². The van der Waals surface area contributed by atoms with Gasteiger partial charge in [-0.2, -0.15) is 0 Å². The van der Waals surface area contributed by atoms with Crippen molar-refractivity contribution in [1.82, 2.24) is 9.21 Å².